The van der Waals surface area contributed by atoms with E-state index in [4.69, 9.17) is 13.6 Å². The summed E-state index contributed by atoms with van der Waals surface area (Å²) >= 11 is 0. The molecule has 0 bridgehead atoms. The molecular formula is C14H17O3P. The predicted molar refractivity (Wildman–Crippen MR) is 74.7 cm³/mol. The maximum absolute atomic E-state index is 5.72. The van der Waals surface area contributed by atoms with Crippen LogP contribution in [0.4, 0.5) is 0 Å². The molecule has 0 radical (unpaired) electrons. The van der Waals surface area contributed by atoms with E-state index in [0.717, 1.165) is 11.1 Å². The molecule has 0 unspecified atom stereocenters. The van der Waals surface area contributed by atoms with Gasteiger partial charge in [-0.05, 0) is 36.8 Å². The van der Waals surface area contributed by atoms with Gasteiger partial charge in [-0.3, -0.25) is 0 Å². The van der Waals surface area contributed by atoms with Crippen LogP contribution in [0.3, 0.4) is 0 Å². The highest BCUT2D eigenvalue weighted by Crippen LogP contribution is 2.40. The lowest BCUT2D eigenvalue weighted by Gasteiger charge is -2.15. The van der Waals surface area contributed by atoms with Crippen molar-refractivity contribution in [2.45, 2.75) is 13.8 Å². The second-order valence-corrected chi connectivity index (χ2v) is 4.81. The van der Waals surface area contributed by atoms with Crippen LogP contribution in [0.5, 0.6) is 5.75 Å². The average Bonchev–Trinajstić information content (AvgIpc) is 2.39. The maximum Gasteiger partial charge on any atom is 0.397 e. The summed E-state index contributed by atoms with van der Waals surface area (Å²) in [4.78, 5) is 0. The number of hydrogen-bond donors (Lipinski definition) is 0. The second-order valence-electron chi connectivity index (χ2n) is 3.66. The van der Waals surface area contributed by atoms with Gasteiger partial charge in [0.05, 0.1) is 13.2 Å². The van der Waals surface area contributed by atoms with E-state index in [-0.39, 0.29) is 0 Å². The molecule has 0 saturated carbocycles. The number of hydrogen-bond acceptors (Lipinski definition) is 3. The van der Waals surface area contributed by atoms with Crippen molar-refractivity contribution in [2.24, 2.45) is 0 Å². The smallest absolute Gasteiger partial charge is 0.397 e. The molecule has 2 aromatic carbocycles. The standard InChI is InChI=1S/C14H17O3P/c1-3-15-18(16-4-2)17-14-10-9-12-7-5-6-8-13(12)11-14/h5-11H,3-4H2,1-2H3. The van der Waals surface area contributed by atoms with Gasteiger partial charge < -0.3 is 13.6 Å². The third-order valence-corrected chi connectivity index (χ3v) is 3.67. The summed E-state index contributed by atoms with van der Waals surface area (Å²) in [6, 6.07) is 14.2. The van der Waals surface area contributed by atoms with Crippen LogP contribution in [0, 0.1) is 0 Å². The number of benzene rings is 2. The minimum absolute atomic E-state index is 0.583. The Morgan fingerprint density at radius 1 is 0.889 bits per heavy atom. The molecule has 0 heterocycles. The third-order valence-electron chi connectivity index (χ3n) is 2.37. The number of fused-ring (bicyclic) bond motifs is 1. The van der Waals surface area contributed by atoms with Crippen LogP contribution in [-0.2, 0) is 9.05 Å². The highest BCUT2D eigenvalue weighted by atomic mass is 31.2. The fourth-order valence-corrected chi connectivity index (χ4v) is 2.50. The van der Waals surface area contributed by atoms with Crippen molar-refractivity contribution in [2.75, 3.05) is 13.2 Å². The quantitative estimate of drug-likeness (QED) is 0.718. The summed E-state index contributed by atoms with van der Waals surface area (Å²) in [6.45, 7) is 5.02. The van der Waals surface area contributed by atoms with Gasteiger partial charge in [0.15, 0.2) is 0 Å². The summed E-state index contributed by atoms with van der Waals surface area (Å²) in [5, 5.41) is 2.35. The highest BCUT2D eigenvalue weighted by molar-refractivity contribution is 7.42. The van der Waals surface area contributed by atoms with E-state index in [1.165, 1.54) is 5.39 Å². The van der Waals surface area contributed by atoms with Crippen molar-refractivity contribution in [3.8, 4) is 5.75 Å². The first kappa shape index (κ1) is 13.3. The normalized spacial score (nSPS) is 11.1. The minimum atomic E-state index is -1.29. The van der Waals surface area contributed by atoms with Crippen LogP contribution >= 0.6 is 8.60 Å². The molecule has 0 saturated heterocycles. The molecule has 0 spiro atoms. The fraction of sp³-hybridized carbons (Fsp3) is 0.286. The van der Waals surface area contributed by atoms with Gasteiger partial charge in [-0.1, -0.05) is 30.3 Å². The molecule has 4 heteroatoms. The Balaban J connectivity index is 2.14. The van der Waals surface area contributed by atoms with Crippen molar-refractivity contribution in [3.05, 3.63) is 42.5 Å². The molecule has 0 amide bonds. The van der Waals surface area contributed by atoms with Crippen LogP contribution in [0.1, 0.15) is 13.8 Å². The Labute approximate surface area is 109 Å². The molecule has 96 valence electrons. The van der Waals surface area contributed by atoms with Crippen molar-refractivity contribution < 1.29 is 13.6 Å². The predicted octanol–water partition coefficient (Wildman–Crippen LogP) is 4.52. The van der Waals surface area contributed by atoms with Crippen LogP contribution < -0.4 is 4.52 Å². The molecule has 0 aliphatic heterocycles. The average molecular weight is 264 g/mol. The first-order valence-electron chi connectivity index (χ1n) is 6.06. The van der Waals surface area contributed by atoms with Gasteiger partial charge in [-0.25, -0.2) is 0 Å². The van der Waals surface area contributed by atoms with E-state index in [2.05, 4.69) is 12.1 Å². The summed E-state index contributed by atoms with van der Waals surface area (Å²) in [5.41, 5.74) is 0. The molecule has 0 aromatic heterocycles. The minimum Gasteiger partial charge on any atom is -0.427 e. The lowest BCUT2D eigenvalue weighted by molar-refractivity contribution is 0.221. The van der Waals surface area contributed by atoms with E-state index in [9.17, 15) is 0 Å². The summed E-state index contributed by atoms with van der Waals surface area (Å²) in [6.07, 6.45) is 0. The van der Waals surface area contributed by atoms with Gasteiger partial charge in [0.1, 0.15) is 5.75 Å². The lowest BCUT2D eigenvalue weighted by atomic mass is 10.1. The van der Waals surface area contributed by atoms with Crippen molar-refractivity contribution >= 4 is 19.4 Å². The zero-order valence-electron chi connectivity index (χ0n) is 10.6. The topological polar surface area (TPSA) is 27.7 Å². The molecule has 0 N–H and O–H groups in total. The van der Waals surface area contributed by atoms with Gasteiger partial charge in [-0.2, -0.15) is 0 Å². The van der Waals surface area contributed by atoms with Crippen LogP contribution in [0.2, 0.25) is 0 Å². The maximum atomic E-state index is 5.72. The van der Waals surface area contributed by atoms with Gasteiger partial charge in [0, 0.05) is 0 Å². The van der Waals surface area contributed by atoms with Gasteiger partial charge in [-0.15, -0.1) is 0 Å². The molecular weight excluding hydrogens is 247 g/mol. The van der Waals surface area contributed by atoms with Crippen molar-refractivity contribution in [3.63, 3.8) is 0 Å². The Morgan fingerprint density at radius 3 is 2.22 bits per heavy atom. The first-order chi connectivity index (χ1) is 8.83. The van der Waals surface area contributed by atoms with Crippen molar-refractivity contribution in [1.29, 1.82) is 0 Å². The molecule has 0 fully saturated rings. The zero-order chi connectivity index (χ0) is 12.8. The zero-order valence-corrected chi connectivity index (χ0v) is 11.5. The van der Waals surface area contributed by atoms with Gasteiger partial charge >= 0.3 is 8.60 Å². The Bertz CT molecular complexity index is 495. The van der Waals surface area contributed by atoms with E-state index in [1.807, 2.05) is 44.2 Å². The first-order valence-corrected chi connectivity index (χ1v) is 7.15. The fourth-order valence-electron chi connectivity index (χ4n) is 1.61. The monoisotopic (exact) mass is 264 g/mol. The Hall–Kier alpha value is -1.15. The third kappa shape index (κ3) is 3.42. The lowest BCUT2D eigenvalue weighted by Crippen LogP contribution is -1.97. The molecule has 3 nitrogen and oxygen atoms in total. The Morgan fingerprint density at radius 2 is 1.56 bits per heavy atom. The highest BCUT2D eigenvalue weighted by Gasteiger charge is 2.12. The molecule has 18 heavy (non-hydrogen) atoms. The van der Waals surface area contributed by atoms with E-state index in [0.29, 0.717) is 13.2 Å². The van der Waals surface area contributed by atoms with Gasteiger partial charge in [0.25, 0.3) is 0 Å². The summed E-state index contributed by atoms with van der Waals surface area (Å²) in [7, 11) is -1.29. The van der Waals surface area contributed by atoms with Crippen LogP contribution in [0.15, 0.2) is 42.5 Å². The number of rotatable bonds is 6. The molecule has 2 aromatic rings. The van der Waals surface area contributed by atoms with E-state index >= 15 is 0 Å². The summed E-state index contributed by atoms with van der Waals surface area (Å²) < 4.78 is 16.6. The van der Waals surface area contributed by atoms with Crippen LogP contribution in [0.25, 0.3) is 10.8 Å². The molecule has 0 atom stereocenters. The van der Waals surface area contributed by atoms with Crippen LogP contribution in [-0.4, -0.2) is 13.2 Å². The molecule has 0 aliphatic carbocycles. The van der Waals surface area contributed by atoms with E-state index < -0.39 is 8.60 Å². The molecule has 0 aliphatic rings. The summed E-state index contributed by atoms with van der Waals surface area (Å²) in [5.74, 6) is 0.779. The van der Waals surface area contributed by atoms with Crippen molar-refractivity contribution in [1.82, 2.24) is 0 Å². The van der Waals surface area contributed by atoms with Gasteiger partial charge in [0.2, 0.25) is 0 Å². The van der Waals surface area contributed by atoms with E-state index in [1.54, 1.807) is 0 Å². The Kier molecular flexibility index (Phi) is 4.94. The second kappa shape index (κ2) is 6.69. The largest absolute Gasteiger partial charge is 0.427 e. The SMILES string of the molecule is CCOP(OCC)Oc1ccc2ccccc2c1. The molecule has 2 rings (SSSR count).